The smallest absolute Gasteiger partial charge is 0.0661 e. The molecule has 2 saturated carbocycles. The molecule has 12 heavy (non-hydrogen) atoms. The first-order valence-corrected chi connectivity index (χ1v) is 4.60. The summed E-state index contributed by atoms with van der Waals surface area (Å²) in [5.41, 5.74) is 0.363. The predicted molar refractivity (Wildman–Crippen MR) is 43.7 cm³/mol. The first-order valence-electron chi connectivity index (χ1n) is 4.60. The molecule has 2 aliphatic rings. The summed E-state index contributed by atoms with van der Waals surface area (Å²) in [5, 5.41) is 17.4. The van der Waals surface area contributed by atoms with E-state index in [0.29, 0.717) is 11.3 Å². The first-order chi connectivity index (χ1) is 5.80. The zero-order valence-corrected chi connectivity index (χ0v) is 7.08. The Morgan fingerprint density at radius 2 is 1.75 bits per heavy atom. The van der Waals surface area contributed by atoms with Crippen molar-refractivity contribution in [2.45, 2.75) is 32.1 Å². The Morgan fingerprint density at radius 1 is 1.08 bits per heavy atom. The molecule has 0 radical (unpaired) electrons. The average molecular weight is 160 g/mol. The lowest BCUT2D eigenvalue weighted by atomic mass is 9.79. The summed E-state index contributed by atoms with van der Waals surface area (Å²) in [6.07, 6.45) is 5.37. The quantitative estimate of drug-likeness (QED) is 0.545. The van der Waals surface area contributed by atoms with E-state index in [1.807, 2.05) is 0 Å². The van der Waals surface area contributed by atoms with E-state index in [9.17, 15) is 0 Å². The molecule has 0 saturated heterocycles. The molecular weight excluding hydrogens is 148 g/mol. The highest BCUT2D eigenvalue weighted by atomic mass is 14.6. The predicted octanol–water partition coefficient (Wildman–Crippen LogP) is 2.23. The first kappa shape index (κ1) is 7.62. The largest absolute Gasteiger partial charge is 0.198 e. The Kier molecular flexibility index (Phi) is 1.58. The van der Waals surface area contributed by atoms with E-state index >= 15 is 0 Å². The highest BCUT2D eigenvalue weighted by molar-refractivity contribution is 5.14. The van der Waals surface area contributed by atoms with Gasteiger partial charge in [-0.2, -0.15) is 10.5 Å². The number of nitriles is 2. The lowest BCUT2D eigenvalue weighted by Crippen LogP contribution is -2.15. The molecule has 0 heterocycles. The standard InChI is InChI=1S/C10H12N2/c11-6-8-1-3-10(4-2-8)5-9(10)7-12/h8-9H,1-5H2. The summed E-state index contributed by atoms with van der Waals surface area (Å²) >= 11 is 0. The summed E-state index contributed by atoms with van der Waals surface area (Å²) in [6, 6.07) is 4.67. The molecule has 2 rings (SSSR count). The molecule has 2 fully saturated rings. The molecule has 1 atom stereocenters. The van der Waals surface area contributed by atoms with Crippen molar-refractivity contribution in [3.8, 4) is 12.1 Å². The molecule has 0 aromatic carbocycles. The maximum Gasteiger partial charge on any atom is 0.0661 e. The SMILES string of the molecule is N#CC1CCC2(CC1)CC2C#N. The second kappa shape index (κ2) is 2.49. The molecule has 0 aliphatic heterocycles. The summed E-state index contributed by atoms with van der Waals surface area (Å²) in [4.78, 5) is 0. The van der Waals surface area contributed by atoms with Crippen molar-refractivity contribution in [1.29, 1.82) is 10.5 Å². The molecule has 2 aliphatic carbocycles. The fourth-order valence-electron chi connectivity index (χ4n) is 2.40. The highest BCUT2D eigenvalue weighted by Crippen LogP contribution is 2.61. The molecular formula is C10H12N2. The Morgan fingerprint density at radius 3 is 2.17 bits per heavy atom. The van der Waals surface area contributed by atoms with Gasteiger partial charge >= 0.3 is 0 Å². The third-order valence-electron chi connectivity index (χ3n) is 3.51. The van der Waals surface area contributed by atoms with Crippen LogP contribution in [0.15, 0.2) is 0 Å². The van der Waals surface area contributed by atoms with Gasteiger partial charge in [-0.15, -0.1) is 0 Å². The van der Waals surface area contributed by atoms with Crippen LogP contribution in [0.4, 0.5) is 0 Å². The third-order valence-corrected chi connectivity index (χ3v) is 3.51. The van der Waals surface area contributed by atoms with E-state index in [4.69, 9.17) is 10.5 Å². The Hall–Kier alpha value is -1.02. The fourth-order valence-corrected chi connectivity index (χ4v) is 2.40. The van der Waals surface area contributed by atoms with Crippen LogP contribution in [0.5, 0.6) is 0 Å². The normalized spacial score (nSPS) is 44.8. The summed E-state index contributed by atoms with van der Waals surface area (Å²) in [5.74, 6) is 0.590. The summed E-state index contributed by atoms with van der Waals surface area (Å²) in [7, 11) is 0. The van der Waals surface area contributed by atoms with Crippen molar-refractivity contribution in [2.75, 3.05) is 0 Å². The minimum Gasteiger partial charge on any atom is -0.198 e. The molecule has 1 unspecified atom stereocenters. The van der Waals surface area contributed by atoms with Crippen LogP contribution < -0.4 is 0 Å². The number of hydrogen-bond acceptors (Lipinski definition) is 2. The average Bonchev–Trinajstić information content (AvgIpc) is 2.81. The molecule has 0 aromatic heterocycles. The number of nitrogens with zero attached hydrogens (tertiary/aromatic N) is 2. The van der Waals surface area contributed by atoms with Crippen LogP contribution in [0.3, 0.4) is 0 Å². The molecule has 2 heteroatoms. The van der Waals surface area contributed by atoms with Gasteiger partial charge in [-0.3, -0.25) is 0 Å². The summed E-state index contributed by atoms with van der Waals surface area (Å²) in [6.45, 7) is 0. The van der Waals surface area contributed by atoms with Crippen LogP contribution in [-0.2, 0) is 0 Å². The Balaban J connectivity index is 1.94. The number of rotatable bonds is 0. The van der Waals surface area contributed by atoms with Gasteiger partial charge in [0.2, 0.25) is 0 Å². The third kappa shape index (κ3) is 0.994. The maximum absolute atomic E-state index is 8.73. The molecule has 0 aromatic rings. The fraction of sp³-hybridized carbons (Fsp3) is 0.800. The van der Waals surface area contributed by atoms with Gasteiger partial charge in [0, 0.05) is 5.92 Å². The minimum absolute atomic E-state index is 0.274. The molecule has 62 valence electrons. The van der Waals surface area contributed by atoms with E-state index in [1.165, 1.54) is 0 Å². The molecule has 2 nitrogen and oxygen atoms in total. The van der Waals surface area contributed by atoms with Gasteiger partial charge in [0.1, 0.15) is 0 Å². The van der Waals surface area contributed by atoms with Crippen LogP contribution in [0, 0.1) is 39.9 Å². The van der Waals surface area contributed by atoms with Crippen molar-refractivity contribution in [3.05, 3.63) is 0 Å². The van der Waals surface area contributed by atoms with E-state index in [0.717, 1.165) is 32.1 Å². The van der Waals surface area contributed by atoms with E-state index < -0.39 is 0 Å². The van der Waals surface area contributed by atoms with E-state index in [-0.39, 0.29) is 5.92 Å². The van der Waals surface area contributed by atoms with Gasteiger partial charge in [0.25, 0.3) is 0 Å². The van der Waals surface area contributed by atoms with Gasteiger partial charge in [-0.05, 0) is 37.5 Å². The highest BCUT2D eigenvalue weighted by Gasteiger charge is 2.55. The molecule has 1 spiro atoms. The van der Waals surface area contributed by atoms with Gasteiger partial charge in [0.15, 0.2) is 0 Å². The number of hydrogen-bond donors (Lipinski definition) is 0. The second-order valence-corrected chi connectivity index (χ2v) is 4.15. The van der Waals surface area contributed by atoms with Crippen molar-refractivity contribution in [2.24, 2.45) is 17.3 Å². The maximum atomic E-state index is 8.73. The van der Waals surface area contributed by atoms with Gasteiger partial charge in [-0.25, -0.2) is 0 Å². The van der Waals surface area contributed by atoms with Crippen molar-refractivity contribution in [1.82, 2.24) is 0 Å². The van der Waals surface area contributed by atoms with Crippen LogP contribution in [0.2, 0.25) is 0 Å². The lowest BCUT2D eigenvalue weighted by Gasteiger charge is -2.24. The van der Waals surface area contributed by atoms with E-state index in [2.05, 4.69) is 12.1 Å². The topological polar surface area (TPSA) is 47.6 Å². The lowest BCUT2D eigenvalue weighted by molar-refractivity contribution is 0.283. The van der Waals surface area contributed by atoms with Gasteiger partial charge in [0.05, 0.1) is 18.1 Å². The zero-order chi connectivity index (χ0) is 8.60. The van der Waals surface area contributed by atoms with Gasteiger partial charge < -0.3 is 0 Å². The molecule has 0 amide bonds. The van der Waals surface area contributed by atoms with Gasteiger partial charge in [-0.1, -0.05) is 0 Å². The van der Waals surface area contributed by atoms with E-state index in [1.54, 1.807) is 0 Å². The minimum atomic E-state index is 0.274. The summed E-state index contributed by atoms with van der Waals surface area (Å²) < 4.78 is 0. The van der Waals surface area contributed by atoms with Crippen molar-refractivity contribution < 1.29 is 0 Å². The second-order valence-electron chi connectivity index (χ2n) is 4.15. The van der Waals surface area contributed by atoms with Crippen molar-refractivity contribution in [3.63, 3.8) is 0 Å². The van der Waals surface area contributed by atoms with Crippen LogP contribution in [0.25, 0.3) is 0 Å². The zero-order valence-electron chi connectivity index (χ0n) is 7.08. The van der Waals surface area contributed by atoms with Crippen LogP contribution in [0.1, 0.15) is 32.1 Å². The Bertz CT molecular complexity index is 261. The van der Waals surface area contributed by atoms with Crippen LogP contribution in [-0.4, -0.2) is 0 Å². The monoisotopic (exact) mass is 160 g/mol. The molecule has 0 bridgehead atoms. The van der Waals surface area contributed by atoms with Crippen molar-refractivity contribution >= 4 is 0 Å². The molecule has 0 N–H and O–H groups in total. The van der Waals surface area contributed by atoms with Crippen LogP contribution >= 0.6 is 0 Å². The Labute approximate surface area is 72.8 Å².